The van der Waals surface area contributed by atoms with Crippen molar-refractivity contribution < 1.29 is 0 Å². The van der Waals surface area contributed by atoms with Gasteiger partial charge in [-0.05, 0) is 40.6 Å². The van der Waals surface area contributed by atoms with Crippen LogP contribution < -0.4 is 0 Å². The standard InChI is InChI=1S/C14H11B/c1-9-5-4-8-12-13(9)10-6-2-3-7-11(10)14(12)15/h2-8,14H,1H3. The minimum absolute atomic E-state index is 0.0519. The minimum atomic E-state index is 0.0519. The fourth-order valence-electron chi connectivity index (χ4n) is 2.48. The lowest BCUT2D eigenvalue weighted by Gasteiger charge is -2.06. The molecule has 1 aliphatic rings. The normalized spacial score (nSPS) is 17.3. The second-order valence-corrected chi connectivity index (χ2v) is 4.10. The van der Waals surface area contributed by atoms with E-state index in [0.717, 1.165) is 0 Å². The molecule has 0 amide bonds. The van der Waals surface area contributed by atoms with Crippen LogP contribution in [-0.4, -0.2) is 7.85 Å². The summed E-state index contributed by atoms with van der Waals surface area (Å²) in [6.45, 7) is 2.15. The van der Waals surface area contributed by atoms with E-state index in [4.69, 9.17) is 7.85 Å². The molecule has 1 atom stereocenters. The van der Waals surface area contributed by atoms with Crippen LogP contribution in [0.1, 0.15) is 22.5 Å². The van der Waals surface area contributed by atoms with Crippen LogP contribution in [0.5, 0.6) is 0 Å². The predicted octanol–water partition coefficient (Wildman–Crippen LogP) is 3.23. The Labute approximate surface area is 91.4 Å². The van der Waals surface area contributed by atoms with Gasteiger partial charge in [-0.1, -0.05) is 42.5 Å². The third-order valence-electron chi connectivity index (χ3n) is 3.21. The van der Waals surface area contributed by atoms with Gasteiger partial charge in [-0.15, -0.1) is 0 Å². The maximum absolute atomic E-state index is 6.23. The summed E-state index contributed by atoms with van der Waals surface area (Å²) >= 11 is 0. The molecule has 0 heterocycles. The molecule has 2 aromatic rings. The van der Waals surface area contributed by atoms with Crippen LogP contribution in [0.15, 0.2) is 42.5 Å². The van der Waals surface area contributed by atoms with E-state index in [1.165, 1.54) is 27.8 Å². The fourth-order valence-corrected chi connectivity index (χ4v) is 2.48. The largest absolute Gasteiger partial charge is 0.0828 e. The fraction of sp³-hybridized carbons (Fsp3) is 0.143. The van der Waals surface area contributed by atoms with Gasteiger partial charge in [0.1, 0.15) is 0 Å². The lowest BCUT2D eigenvalue weighted by Crippen LogP contribution is -1.94. The van der Waals surface area contributed by atoms with Gasteiger partial charge in [-0.3, -0.25) is 0 Å². The van der Waals surface area contributed by atoms with Crippen molar-refractivity contribution in [1.82, 2.24) is 0 Å². The van der Waals surface area contributed by atoms with Crippen molar-refractivity contribution in [2.75, 3.05) is 0 Å². The first kappa shape index (κ1) is 8.78. The quantitative estimate of drug-likeness (QED) is 0.559. The summed E-state index contributed by atoms with van der Waals surface area (Å²) in [5.41, 5.74) is 6.46. The molecule has 0 N–H and O–H groups in total. The van der Waals surface area contributed by atoms with Crippen LogP contribution in [0.25, 0.3) is 11.1 Å². The van der Waals surface area contributed by atoms with Crippen molar-refractivity contribution in [2.24, 2.45) is 0 Å². The van der Waals surface area contributed by atoms with Crippen molar-refractivity contribution >= 4 is 7.85 Å². The summed E-state index contributed by atoms with van der Waals surface area (Å²) in [5.74, 6) is 0.0519. The zero-order chi connectivity index (χ0) is 10.4. The second kappa shape index (κ2) is 3.00. The lowest BCUT2D eigenvalue weighted by molar-refractivity contribution is 1.20. The summed E-state index contributed by atoms with van der Waals surface area (Å²) in [6.07, 6.45) is 0. The number of hydrogen-bond donors (Lipinski definition) is 0. The summed E-state index contributed by atoms with van der Waals surface area (Å²) < 4.78 is 0. The average molecular weight is 190 g/mol. The van der Waals surface area contributed by atoms with Crippen LogP contribution in [0.2, 0.25) is 0 Å². The first-order valence-electron chi connectivity index (χ1n) is 5.23. The van der Waals surface area contributed by atoms with Crippen LogP contribution >= 0.6 is 0 Å². The van der Waals surface area contributed by atoms with Crippen LogP contribution in [0.3, 0.4) is 0 Å². The third kappa shape index (κ3) is 1.09. The van der Waals surface area contributed by atoms with Gasteiger partial charge < -0.3 is 0 Å². The van der Waals surface area contributed by atoms with Gasteiger partial charge in [0.05, 0.1) is 7.85 Å². The maximum Gasteiger partial charge on any atom is 0.0828 e. The summed E-state index contributed by atoms with van der Waals surface area (Å²) in [5, 5.41) is 0. The SMILES string of the molecule is [B]C1c2ccccc2-c2c(C)cccc21. The van der Waals surface area contributed by atoms with Gasteiger partial charge in [0, 0.05) is 0 Å². The summed E-state index contributed by atoms with van der Waals surface area (Å²) in [7, 11) is 6.23. The van der Waals surface area contributed by atoms with E-state index in [0.29, 0.717) is 0 Å². The molecule has 0 bridgehead atoms. The Morgan fingerprint density at radius 3 is 2.53 bits per heavy atom. The summed E-state index contributed by atoms with van der Waals surface area (Å²) in [4.78, 5) is 0. The molecule has 0 saturated heterocycles. The van der Waals surface area contributed by atoms with Crippen LogP contribution in [0.4, 0.5) is 0 Å². The van der Waals surface area contributed by atoms with E-state index in [2.05, 4.69) is 49.4 Å². The van der Waals surface area contributed by atoms with Crippen molar-refractivity contribution in [3.63, 3.8) is 0 Å². The Hall–Kier alpha value is -1.50. The van der Waals surface area contributed by atoms with Crippen molar-refractivity contribution in [3.05, 3.63) is 59.2 Å². The highest BCUT2D eigenvalue weighted by Gasteiger charge is 2.24. The molecule has 0 aromatic heterocycles. The van der Waals surface area contributed by atoms with Crippen molar-refractivity contribution in [1.29, 1.82) is 0 Å². The number of hydrogen-bond acceptors (Lipinski definition) is 0. The van der Waals surface area contributed by atoms with Gasteiger partial charge in [-0.2, -0.15) is 0 Å². The van der Waals surface area contributed by atoms with E-state index in [1.807, 2.05) is 0 Å². The highest BCUT2D eigenvalue weighted by Crippen LogP contribution is 2.44. The van der Waals surface area contributed by atoms with E-state index >= 15 is 0 Å². The Balaban J connectivity index is 2.39. The molecule has 1 aliphatic carbocycles. The van der Waals surface area contributed by atoms with Crippen molar-refractivity contribution in [2.45, 2.75) is 12.7 Å². The first-order chi connectivity index (χ1) is 7.29. The number of aryl methyl sites for hydroxylation is 1. The van der Waals surface area contributed by atoms with Crippen LogP contribution in [0, 0.1) is 6.92 Å². The number of fused-ring (bicyclic) bond motifs is 3. The van der Waals surface area contributed by atoms with Crippen molar-refractivity contribution in [3.8, 4) is 11.1 Å². The topological polar surface area (TPSA) is 0 Å². The van der Waals surface area contributed by atoms with Crippen LogP contribution in [-0.2, 0) is 0 Å². The molecule has 0 spiro atoms. The maximum atomic E-state index is 6.23. The molecule has 2 radical (unpaired) electrons. The Morgan fingerprint density at radius 1 is 0.933 bits per heavy atom. The number of benzene rings is 2. The molecule has 0 fully saturated rings. The van der Waals surface area contributed by atoms with E-state index in [-0.39, 0.29) is 5.82 Å². The monoisotopic (exact) mass is 190 g/mol. The van der Waals surface area contributed by atoms with Gasteiger partial charge in [-0.25, -0.2) is 0 Å². The number of rotatable bonds is 0. The lowest BCUT2D eigenvalue weighted by atomic mass is 9.79. The Kier molecular flexibility index (Phi) is 1.75. The van der Waals surface area contributed by atoms with Gasteiger partial charge in [0.25, 0.3) is 0 Å². The second-order valence-electron chi connectivity index (χ2n) is 4.10. The van der Waals surface area contributed by atoms with Gasteiger partial charge >= 0.3 is 0 Å². The predicted molar refractivity (Wildman–Crippen MR) is 64.2 cm³/mol. The molecular formula is C14H11B. The zero-order valence-electron chi connectivity index (χ0n) is 8.70. The molecule has 2 aromatic carbocycles. The molecule has 15 heavy (non-hydrogen) atoms. The first-order valence-corrected chi connectivity index (χ1v) is 5.23. The molecule has 1 heteroatoms. The zero-order valence-corrected chi connectivity index (χ0v) is 8.70. The Bertz CT molecular complexity index is 529. The molecular weight excluding hydrogens is 179 g/mol. The smallest absolute Gasteiger partial charge is 0.0620 e. The van der Waals surface area contributed by atoms with E-state index in [1.54, 1.807) is 0 Å². The summed E-state index contributed by atoms with van der Waals surface area (Å²) in [6, 6.07) is 14.8. The average Bonchev–Trinajstić information content (AvgIpc) is 2.55. The molecule has 70 valence electrons. The van der Waals surface area contributed by atoms with Gasteiger partial charge in [0.15, 0.2) is 0 Å². The highest BCUT2D eigenvalue weighted by molar-refractivity contribution is 6.17. The van der Waals surface area contributed by atoms with E-state index < -0.39 is 0 Å². The molecule has 3 rings (SSSR count). The third-order valence-corrected chi connectivity index (χ3v) is 3.21. The molecule has 0 nitrogen and oxygen atoms in total. The van der Waals surface area contributed by atoms with E-state index in [9.17, 15) is 0 Å². The minimum Gasteiger partial charge on any atom is -0.0620 e. The van der Waals surface area contributed by atoms with Gasteiger partial charge in [0.2, 0.25) is 0 Å². The molecule has 0 saturated carbocycles. The highest BCUT2D eigenvalue weighted by atomic mass is 14.3. The molecule has 0 aliphatic heterocycles. The molecule has 1 unspecified atom stereocenters. The Morgan fingerprint density at radius 2 is 1.67 bits per heavy atom.